The van der Waals surface area contributed by atoms with Gasteiger partial charge >= 0.3 is 5.97 Å². The summed E-state index contributed by atoms with van der Waals surface area (Å²) in [6, 6.07) is 0. The van der Waals surface area contributed by atoms with Gasteiger partial charge in [0.1, 0.15) is 18.0 Å². The van der Waals surface area contributed by atoms with E-state index in [4.69, 9.17) is 10.8 Å². The summed E-state index contributed by atoms with van der Waals surface area (Å²) in [5.41, 5.74) is 5.51. The molecule has 104 valence electrons. The maximum atomic E-state index is 12.2. The molecule has 0 unspecified atom stereocenters. The van der Waals surface area contributed by atoms with E-state index in [2.05, 4.69) is 9.59 Å². The molecule has 1 aromatic heterocycles. The second kappa shape index (κ2) is 6.78. The minimum atomic E-state index is -1.22. The molecule has 1 heterocycles. The number of nitrogens with zero attached hydrogens (tertiary/aromatic N) is 3. The smallest absolute Gasteiger partial charge is 0.323 e. The summed E-state index contributed by atoms with van der Waals surface area (Å²) >= 11 is 0.883. The Kier molecular flexibility index (Phi) is 5.37. The predicted octanol–water partition coefficient (Wildman–Crippen LogP) is -0.497. The summed E-state index contributed by atoms with van der Waals surface area (Å²) in [5, 5.41) is 12.6. The molecule has 2 amide bonds. The second-order valence-corrected chi connectivity index (χ2v) is 4.57. The van der Waals surface area contributed by atoms with Crippen molar-refractivity contribution in [3.63, 3.8) is 0 Å². The molecule has 0 aromatic carbocycles. The summed E-state index contributed by atoms with van der Waals surface area (Å²) in [6.45, 7) is 0.881. The van der Waals surface area contributed by atoms with Crippen LogP contribution < -0.4 is 5.73 Å². The van der Waals surface area contributed by atoms with Crippen molar-refractivity contribution < 1.29 is 19.5 Å². The first-order valence-corrected chi connectivity index (χ1v) is 6.33. The number of aryl methyl sites for hydroxylation is 1. The Bertz CT molecular complexity index is 472. The summed E-state index contributed by atoms with van der Waals surface area (Å²) in [7, 11) is 0. The summed E-state index contributed by atoms with van der Waals surface area (Å²) in [4.78, 5) is 34.9. The van der Waals surface area contributed by atoms with E-state index >= 15 is 0 Å². The molecule has 0 saturated carbocycles. The summed E-state index contributed by atoms with van der Waals surface area (Å²) in [5.74, 6) is -2.58. The van der Waals surface area contributed by atoms with E-state index in [1.54, 1.807) is 0 Å². The molecule has 0 saturated heterocycles. The van der Waals surface area contributed by atoms with Gasteiger partial charge in [0.2, 0.25) is 5.91 Å². The maximum Gasteiger partial charge on any atom is 0.323 e. The summed E-state index contributed by atoms with van der Waals surface area (Å²) in [6.07, 6.45) is 1.34. The molecule has 0 aliphatic rings. The van der Waals surface area contributed by atoms with Crippen LogP contribution in [0.4, 0.5) is 0 Å². The lowest BCUT2D eigenvalue weighted by molar-refractivity contribution is -0.138. The van der Waals surface area contributed by atoms with Gasteiger partial charge in [-0.1, -0.05) is 17.8 Å². The molecule has 0 atom stereocenters. The molecular formula is C10H14N4O4S. The topological polar surface area (TPSA) is 126 Å². The lowest BCUT2D eigenvalue weighted by Crippen LogP contribution is -2.41. The van der Waals surface area contributed by atoms with Gasteiger partial charge in [-0.3, -0.25) is 14.4 Å². The monoisotopic (exact) mass is 286 g/mol. The van der Waals surface area contributed by atoms with Crippen molar-refractivity contribution in [1.29, 1.82) is 0 Å². The van der Waals surface area contributed by atoms with Gasteiger partial charge < -0.3 is 15.7 Å². The van der Waals surface area contributed by atoms with E-state index < -0.39 is 30.9 Å². The van der Waals surface area contributed by atoms with Gasteiger partial charge in [-0.15, -0.1) is 5.10 Å². The normalized spacial score (nSPS) is 10.2. The molecule has 8 nitrogen and oxygen atoms in total. The van der Waals surface area contributed by atoms with Crippen LogP contribution in [-0.2, 0) is 16.0 Å². The van der Waals surface area contributed by atoms with Crippen LogP contribution in [0.1, 0.15) is 28.7 Å². The molecule has 0 radical (unpaired) electrons. The molecule has 0 aliphatic heterocycles. The molecular weight excluding hydrogens is 272 g/mol. The summed E-state index contributed by atoms with van der Waals surface area (Å²) < 4.78 is 3.68. The van der Waals surface area contributed by atoms with Gasteiger partial charge in [-0.25, -0.2) is 0 Å². The fourth-order valence-corrected chi connectivity index (χ4v) is 2.14. The highest BCUT2D eigenvalue weighted by molar-refractivity contribution is 7.08. The minimum absolute atomic E-state index is 0.254. The van der Waals surface area contributed by atoms with Crippen molar-refractivity contribution in [1.82, 2.24) is 14.5 Å². The van der Waals surface area contributed by atoms with Crippen molar-refractivity contribution in [2.75, 3.05) is 13.1 Å². The van der Waals surface area contributed by atoms with Crippen LogP contribution >= 0.6 is 11.5 Å². The van der Waals surface area contributed by atoms with E-state index in [9.17, 15) is 14.4 Å². The number of hydrogen-bond acceptors (Lipinski definition) is 6. The van der Waals surface area contributed by atoms with Gasteiger partial charge in [0, 0.05) is 0 Å². The Morgan fingerprint density at radius 3 is 2.58 bits per heavy atom. The number of aliphatic carboxylic acids is 1. The SMILES string of the molecule is CCCc1nnsc1C(=O)N(CC(N)=O)CC(=O)O. The standard InChI is InChI=1S/C10H14N4O4S/c1-2-3-6-9(19-13-12-6)10(18)14(4-7(11)15)5-8(16)17/h2-5H2,1H3,(H2,11,15)(H,16,17). The van der Waals surface area contributed by atoms with Gasteiger partial charge in [0.05, 0.1) is 5.69 Å². The quantitative estimate of drug-likeness (QED) is 0.696. The number of primary amides is 1. The molecule has 19 heavy (non-hydrogen) atoms. The third-order valence-electron chi connectivity index (χ3n) is 2.20. The predicted molar refractivity (Wildman–Crippen MR) is 66.6 cm³/mol. The first-order chi connectivity index (χ1) is 8.95. The molecule has 9 heteroatoms. The third-order valence-corrected chi connectivity index (χ3v) is 2.95. The van der Waals surface area contributed by atoms with Crippen molar-refractivity contribution in [3.05, 3.63) is 10.6 Å². The van der Waals surface area contributed by atoms with E-state index in [0.717, 1.165) is 22.9 Å². The van der Waals surface area contributed by atoms with E-state index in [1.165, 1.54) is 0 Å². The lowest BCUT2D eigenvalue weighted by atomic mass is 10.2. The molecule has 0 bridgehead atoms. The Morgan fingerprint density at radius 2 is 2.05 bits per heavy atom. The second-order valence-electron chi connectivity index (χ2n) is 3.82. The zero-order chi connectivity index (χ0) is 14.4. The van der Waals surface area contributed by atoms with Gasteiger partial charge in [-0.05, 0) is 18.0 Å². The maximum absolute atomic E-state index is 12.2. The van der Waals surface area contributed by atoms with Crippen LogP contribution in [0.15, 0.2) is 0 Å². The van der Waals surface area contributed by atoms with Gasteiger partial charge in [0.15, 0.2) is 0 Å². The first-order valence-electron chi connectivity index (χ1n) is 5.56. The number of aromatic nitrogens is 2. The molecule has 0 fully saturated rings. The minimum Gasteiger partial charge on any atom is -0.480 e. The Labute approximate surface area is 113 Å². The number of carboxylic acid groups (broad SMARTS) is 1. The number of carboxylic acids is 1. The molecule has 0 aliphatic carbocycles. The van der Waals surface area contributed by atoms with E-state index in [-0.39, 0.29) is 4.88 Å². The van der Waals surface area contributed by atoms with Crippen LogP contribution in [0.3, 0.4) is 0 Å². The Hall–Kier alpha value is -2.03. The number of carbonyl (C=O) groups is 3. The highest BCUT2D eigenvalue weighted by Gasteiger charge is 2.24. The average molecular weight is 286 g/mol. The first kappa shape index (κ1) is 15.0. The fraction of sp³-hybridized carbons (Fsp3) is 0.500. The van der Waals surface area contributed by atoms with E-state index in [0.29, 0.717) is 12.1 Å². The van der Waals surface area contributed by atoms with Crippen LogP contribution in [-0.4, -0.2) is 50.5 Å². The van der Waals surface area contributed by atoms with Crippen LogP contribution in [0.25, 0.3) is 0 Å². The number of nitrogens with two attached hydrogens (primary N) is 1. The number of carbonyl (C=O) groups excluding carboxylic acids is 2. The number of amides is 2. The number of hydrogen-bond donors (Lipinski definition) is 2. The van der Waals surface area contributed by atoms with E-state index in [1.807, 2.05) is 6.92 Å². The van der Waals surface area contributed by atoms with Crippen molar-refractivity contribution in [2.24, 2.45) is 5.73 Å². The van der Waals surface area contributed by atoms with Gasteiger partial charge in [0.25, 0.3) is 5.91 Å². The molecule has 0 spiro atoms. The molecule has 1 aromatic rings. The highest BCUT2D eigenvalue weighted by atomic mass is 32.1. The zero-order valence-electron chi connectivity index (χ0n) is 10.3. The fourth-order valence-electron chi connectivity index (χ4n) is 1.47. The molecule has 3 N–H and O–H groups in total. The van der Waals surface area contributed by atoms with Crippen LogP contribution in [0.2, 0.25) is 0 Å². The molecule has 1 rings (SSSR count). The Morgan fingerprint density at radius 1 is 1.37 bits per heavy atom. The largest absolute Gasteiger partial charge is 0.480 e. The van der Waals surface area contributed by atoms with Crippen molar-refractivity contribution in [2.45, 2.75) is 19.8 Å². The third kappa shape index (κ3) is 4.28. The average Bonchev–Trinajstić information content (AvgIpc) is 2.74. The highest BCUT2D eigenvalue weighted by Crippen LogP contribution is 2.15. The van der Waals surface area contributed by atoms with Crippen molar-refractivity contribution in [3.8, 4) is 0 Å². The van der Waals surface area contributed by atoms with Crippen molar-refractivity contribution >= 4 is 29.3 Å². The lowest BCUT2D eigenvalue weighted by Gasteiger charge is -2.18. The Balaban J connectivity index is 2.94. The van der Waals surface area contributed by atoms with Crippen LogP contribution in [0.5, 0.6) is 0 Å². The van der Waals surface area contributed by atoms with Gasteiger partial charge in [-0.2, -0.15) is 0 Å². The zero-order valence-corrected chi connectivity index (χ0v) is 11.1. The number of rotatable bonds is 7. The van der Waals surface area contributed by atoms with Crippen LogP contribution in [0, 0.1) is 0 Å².